The molecule has 1 aromatic carbocycles. The van der Waals surface area contributed by atoms with Crippen LogP contribution in [-0.2, 0) is 25.9 Å². The third kappa shape index (κ3) is 6.44. The minimum Gasteiger partial charge on any atom is -0.361 e. The molecule has 1 aliphatic heterocycles. The number of aryl methyl sites for hydroxylation is 2. The molecule has 1 saturated heterocycles. The number of hydrogen-bond donors (Lipinski definition) is 2. The van der Waals surface area contributed by atoms with Gasteiger partial charge in [0.2, 0.25) is 0 Å². The number of nitrogens with one attached hydrogen (secondary N) is 2. The SMILES string of the molecule is CCc1noc(CC)c1CNC(=NC)NCC1CC(C)N(Cc2ccccc2)C1.I. The van der Waals surface area contributed by atoms with Gasteiger partial charge in [0.25, 0.3) is 0 Å². The van der Waals surface area contributed by atoms with Crippen LogP contribution in [0, 0.1) is 5.92 Å². The van der Waals surface area contributed by atoms with Gasteiger partial charge in [-0.05, 0) is 31.2 Å². The van der Waals surface area contributed by atoms with Crippen LogP contribution >= 0.6 is 24.0 Å². The smallest absolute Gasteiger partial charge is 0.191 e. The van der Waals surface area contributed by atoms with Crippen LogP contribution in [0.4, 0.5) is 0 Å². The fraction of sp³-hybridized carbons (Fsp3) is 0.565. The first-order chi connectivity index (χ1) is 14.1. The zero-order valence-corrected chi connectivity index (χ0v) is 21.0. The minimum atomic E-state index is 0. The summed E-state index contributed by atoms with van der Waals surface area (Å²) in [5.41, 5.74) is 3.59. The normalized spacial score (nSPS) is 19.5. The van der Waals surface area contributed by atoms with Gasteiger partial charge in [-0.15, -0.1) is 24.0 Å². The lowest BCUT2D eigenvalue weighted by molar-refractivity contribution is 0.255. The number of aromatic nitrogens is 1. The number of aliphatic imine (C=N–C) groups is 1. The molecule has 0 saturated carbocycles. The maximum absolute atomic E-state index is 5.46. The van der Waals surface area contributed by atoms with Crippen LogP contribution in [0.15, 0.2) is 39.8 Å². The van der Waals surface area contributed by atoms with Crippen molar-refractivity contribution in [1.82, 2.24) is 20.7 Å². The van der Waals surface area contributed by atoms with Crippen molar-refractivity contribution in [2.45, 2.75) is 59.2 Å². The van der Waals surface area contributed by atoms with Crippen molar-refractivity contribution in [1.29, 1.82) is 0 Å². The lowest BCUT2D eigenvalue weighted by atomic mass is 10.1. The number of benzene rings is 1. The fourth-order valence-electron chi connectivity index (χ4n) is 4.18. The van der Waals surface area contributed by atoms with E-state index in [1.54, 1.807) is 0 Å². The summed E-state index contributed by atoms with van der Waals surface area (Å²) in [4.78, 5) is 6.97. The lowest BCUT2D eigenvalue weighted by Gasteiger charge is -2.21. The largest absolute Gasteiger partial charge is 0.361 e. The number of hydrogen-bond acceptors (Lipinski definition) is 4. The van der Waals surface area contributed by atoms with E-state index >= 15 is 0 Å². The monoisotopic (exact) mass is 525 g/mol. The van der Waals surface area contributed by atoms with Crippen LogP contribution in [0.2, 0.25) is 0 Å². The molecule has 0 bridgehead atoms. The van der Waals surface area contributed by atoms with E-state index in [-0.39, 0.29) is 24.0 Å². The summed E-state index contributed by atoms with van der Waals surface area (Å²) in [6, 6.07) is 11.3. The predicted octanol–water partition coefficient (Wildman–Crippen LogP) is 3.99. The number of rotatable bonds is 8. The third-order valence-electron chi connectivity index (χ3n) is 5.84. The second-order valence-corrected chi connectivity index (χ2v) is 7.91. The van der Waals surface area contributed by atoms with E-state index in [0.29, 0.717) is 18.5 Å². The Kier molecular flexibility index (Phi) is 10.1. The zero-order valence-electron chi connectivity index (χ0n) is 18.6. The number of halogens is 1. The standard InChI is InChI=1S/C23H35N5O.HI/c1-5-21-20(22(6-2)29-27-21)14-26-23(24-4)25-13-19-12-17(3)28(16-19)15-18-10-8-7-9-11-18;/h7-11,17,19H,5-6,12-16H2,1-4H3,(H2,24,25,26);1H. The molecule has 166 valence electrons. The summed E-state index contributed by atoms with van der Waals surface area (Å²) in [5.74, 6) is 2.43. The molecular weight excluding hydrogens is 489 g/mol. The van der Waals surface area contributed by atoms with Gasteiger partial charge >= 0.3 is 0 Å². The highest BCUT2D eigenvalue weighted by atomic mass is 127. The first-order valence-electron chi connectivity index (χ1n) is 10.8. The number of likely N-dealkylation sites (tertiary alicyclic amines) is 1. The lowest BCUT2D eigenvalue weighted by Crippen LogP contribution is -2.40. The molecule has 30 heavy (non-hydrogen) atoms. The van der Waals surface area contributed by atoms with Crippen LogP contribution in [0.25, 0.3) is 0 Å². The Morgan fingerprint density at radius 1 is 1.20 bits per heavy atom. The summed E-state index contributed by atoms with van der Waals surface area (Å²) < 4.78 is 5.46. The first kappa shape index (κ1) is 24.7. The Balaban J connectivity index is 0.00000320. The zero-order chi connectivity index (χ0) is 20.6. The summed E-state index contributed by atoms with van der Waals surface area (Å²) in [6.45, 7) is 10.3. The van der Waals surface area contributed by atoms with E-state index in [1.807, 2.05) is 7.05 Å². The van der Waals surface area contributed by atoms with Crippen molar-refractivity contribution < 1.29 is 4.52 Å². The number of guanidine groups is 1. The maximum Gasteiger partial charge on any atom is 0.191 e. The molecule has 1 aromatic heterocycles. The van der Waals surface area contributed by atoms with Gasteiger partial charge in [-0.1, -0.05) is 49.3 Å². The van der Waals surface area contributed by atoms with Gasteiger partial charge in [-0.2, -0.15) is 0 Å². The molecule has 6 nitrogen and oxygen atoms in total. The first-order valence-corrected chi connectivity index (χ1v) is 10.8. The molecule has 2 aromatic rings. The van der Waals surface area contributed by atoms with Gasteiger partial charge in [0.05, 0.1) is 5.69 Å². The van der Waals surface area contributed by atoms with E-state index in [1.165, 1.54) is 17.5 Å². The Hall–Kier alpha value is -1.61. The van der Waals surface area contributed by atoms with Gasteiger partial charge in [-0.25, -0.2) is 0 Å². The highest BCUT2D eigenvalue weighted by molar-refractivity contribution is 14.0. The summed E-state index contributed by atoms with van der Waals surface area (Å²) >= 11 is 0. The highest BCUT2D eigenvalue weighted by Gasteiger charge is 2.28. The van der Waals surface area contributed by atoms with Crippen molar-refractivity contribution in [2.24, 2.45) is 10.9 Å². The van der Waals surface area contributed by atoms with E-state index in [2.05, 4.69) is 76.8 Å². The van der Waals surface area contributed by atoms with E-state index < -0.39 is 0 Å². The van der Waals surface area contributed by atoms with Crippen molar-refractivity contribution in [3.63, 3.8) is 0 Å². The summed E-state index contributed by atoms with van der Waals surface area (Å²) in [7, 11) is 1.82. The van der Waals surface area contributed by atoms with Gasteiger partial charge in [0.15, 0.2) is 5.96 Å². The molecule has 0 amide bonds. The van der Waals surface area contributed by atoms with Gasteiger partial charge in [-0.3, -0.25) is 9.89 Å². The second kappa shape index (κ2) is 12.3. The maximum atomic E-state index is 5.46. The van der Waals surface area contributed by atoms with Crippen LogP contribution < -0.4 is 10.6 Å². The molecule has 3 rings (SSSR count). The van der Waals surface area contributed by atoms with Crippen LogP contribution in [-0.4, -0.2) is 42.2 Å². The van der Waals surface area contributed by atoms with Crippen LogP contribution in [0.5, 0.6) is 0 Å². The molecule has 0 spiro atoms. The molecule has 2 heterocycles. The van der Waals surface area contributed by atoms with Gasteiger partial charge in [0.1, 0.15) is 5.76 Å². The second-order valence-electron chi connectivity index (χ2n) is 7.91. The average Bonchev–Trinajstić information content (AvgIpc) is 3.31. The summed E-state index contributed by atoms with van der Waals surface area (Å²) in [5, 5.41) is 11.1. The minimum absolute atomic E-state index is 0. The Bertz CT molecular complexity index is 771. The van der Waals surface area contributed by atoms with Crippen molar-refractivity contribution in [2.75, 3.05) is 20.1 Å². The number of nitrogens with zero attached hydrogens (tertiary/aromatic N) is 3. The summed E-state index contributed by atoms with van der Waals surface area (Å²) in [6.07, 6.45) is 2.94. The molecule has 2 N–H and O–H groups in total. The molecule has 1 fully saturated rings. The van der Waals surface area contributed by atoms with E-state index in [0.717, 1.165) is 49.9 Å². The highest BCUT2D eigenvalue weighted by Crippen LogP contribution is 2.24. The van der Waals surface area contributed by atoms with Crippen molar-refractivity contribution in [3.8, 4) is 0 Å². The van der Waals surface area contributed by atoms with Crippen LogP contribution in [0.3, 0.4) is 0 Å². The fourth-order valence-corrected chi connectivity index (χ4v) is 4.18. The Morgan fingerprint density at radius 2 is 1.97 bits per heavy atom. The molecule has 2 unspecified atom stereocenters. The third-order valence-corrected chi connectivity index (χ3v) is 5.84. The van der Waals surface area contributed by atoms with E-state index in [4.69, 9.17) is 4.52 Å². The quantitative estimate of drug-likeness (QED) is 0.310. The van der Waals surface area contributed by atoms with E-state index in [9.17, 15) is 0 Å². The predicted molar refractivity (Wildman–Crippen MR) is 133 cm³/mol. The molecule has 2 atom stereocenters. The van der Waals surface area contributed by atoms with Crippen molar-refractivity contribution in [3.05, 3.63) is 52.9 Å². The molecule has 1 aliphatic rings. The van der Waals surface area contributed by atoms with Crippen LogP contribution in [0.1, 0.15) is 49.8 Å². The molecule has 0 aliphatic carbocycles. The Morgan fingerprint density at radius 3 is 2.63 bits per heavy atom. The molecule has 0 radical (unpaired) electrons. The topological polar surface area (TPSA) is 65.7 Å². The Labute approximate surface area is 197 Å². The van der Waals surface area contributed by atoms with Gasteiger partial charge < -0.3 is 15.2 Å². The molecule has 7 heteroatoms. The molecular formula is C23H36IN5O. The average molecular weight is 525 g/mol. The van der Waals surface area contributed by atoms with Crippen molar-refractivity contribution >= 4 is 29.9 Å². The van der Waals surface area contributed by atoms with Gasteiger partial charge in [0, 0.05) is 51.3 Å².